The molecule has 0 saturated carbocycles. The van der Waals surface area contributed by atoms with Crippen molar-refractivity contribution >= 4 is 17.5 Å². The van der Waals surface area contributed by atoms with E-state index in [0.717, 1.165) is 0 Å². The first kappa shape index (κ1) is 18.1. The molecule has 122 valence electrons. The summed E-state index contributed by atoms with van der Waals surface area (Å²) in [6.07, 6.45) is 0. The summed E-state index contributed by atoms with van der Waals surface area (Å²) in [6, 6.07) is 7.66. The van der Waals surface area contributed by atoms with Crippen LogP contribution in [0.25, 0.3) is 0 Å². The minimum atomic E-state index is -0.290. The summed E-state index contributed by atoms with van der Waals surface area (Å²) in [6.45, 7) is 4.77. The molecule has 0 bridgehead atoms. The molecule has 6 heteroatoms. The van der Waals surface area contributed by atoms with Crippen LogP contribution in [-0.4, -0.2) is 45.3 Å². The van der Waals surface area contributed by atoms with Crippen molar-refractivity contribution < 1.29 is 19.1 Å². The van der Waals surface area contributed by atoms with Crippen LogP contribution in [0.5, 0.6) is 0 Å². The van der Waals surface area contributed by atoms with E-state index in [9.17, 15) is 9.59 Å². The van der Waals surface area contributed by atoms with Crippen LogP contribution in [0, 0.1) is 0 Å². The van der Waals surface area contributed by atoms with Crippen molar-refractivity contribution in [1.82, 2.24) is 5.32 Å². The molecule has 0 aromatic heterocycles. The smallest absolute Gasteiger partial charge is 0.250 e. The Labute approximate surface area is 131 Å². The molecule has 0 atom stereocenters. The number of methoxy groups -OCH3 is 1. The highest BCUT2D eigenvalue weighted by molar-refractivity contribution is 5.91. The highest BCUT2D eigenvalue weighted by Gasteiger charge is 2.06. The molecule has 0 aliphatic rings. The van der Waals surface area contributed by atoms with Gasteiger partial charge in [-0.25, -0.2) is 0 Å². The van der Waals surface area contributed by atoms with Gasteiger partial charge < -0.3 is 20.1 Å². The molecule has 0 saturated heterocycles. The zero-order valence-electron chi connectivity index (χ0n) is 13.3. The normalized spacial score (nSPS) is 10.5. The van der Waals surface area contributed by atoms with E-state index in [1.807, 2.05) is 24.3 Å². The Morgan fingerprint density at radius 1 is 1.09 bits per heavy atom. The van der Waals surface area contributed by atoms with Crippen molar-refractivity contribution in [2.75, 3.05) is 38.8 Å². The SMILES string of the molecule is COCCNC(=O)COCC(=O)Nc1ccc(C(C)C)cc1. The van der Waals surface area contributed by atoms with E-state index in [4.69, 9.17) is 9.47 Å². The van der Waals surface area contributed by atoms with Crippen LogP contribution in [0.4, 0.5) is 5.69 Å². The summed E-state index contributed by atoms with van der Waals surface area (Å²) in [5.74, 6) is -0.113. The molecule has 2 N–H and O–H groups in total. The maximum Gasteiger partial charge on any atom is 0.250 e. The summed E-state index contributed by atoms with van der Waals surface area (Å²) in [7, 11) is 1.56. The van der Waals surface area contributed by atoms with Crippen LogP contribution in [0.2, 0.25) is 0 Å². The van der Waals surface area contributed by atoms with Gasteiger partial charge in [-0.1, -0.05) is 26.0 Å². The maximum absolute atomic E-state index is 11.7. The monoisotopic (exact) mass is 308 g/mol. The van der Waals surface area contributed by atoms with E-state index in [2.05, 4.69) is 24.5 Å². The summed E-state index contributed by atoms with van der Waals surface area (Å²) >= 11 is 0. The lowest BCUT2D eigenvalue weighted by Gasteiger charge is -2.09. The van der Waals surface area contributed by atoms with Gasteiger partial charge in [0.2, 0.25) is 11.8 Å². The average molecular weight is 308 g/mol. The van der Waals surface area contributed by atoms with Gasteiger partial charge in [-0.15, -0.1) is 0 Å². The van der Waals surface area contributed by atoms with Gasteiger partial charge in [0.15, 0.2) is 0 Å². The first-order valence-electron chi connectivity index (χ1n) is 7.26. The Kier molecular flexibility index (Phi) is 8.17. The number of rotatable bonds is 9. The summed E-state index contributed by atoms with van der Waals surface area (Å²) in [4.78, 5) is 23.0. The molecule has 1 rings (SSSR count). The summed E-state index contributed by atoms with van der Waals surface area (Å²) in [5, 5.41) is 5.32. The molecule has 0 heterocycles. The number of benzene rings is 1. The van der Waals surface area contributed by atoms with E-state index in [0.29, 0.717) is 24.8 Å². The largest absolute Gasteiger partial charge is 0.383 e. The van der Waals surface area contributed by atoms with Crippen LogP contribution < -0.4 is 10.6 Å². The number of hydrogen-bond acceptors (Lipinski definition) is 4. The van der Waals surface area contributed by atoms with E-state index in [1.165, 1.54) is 5.56 Å². The number of hydrogen-bond donors (Lipinski definition) is 2. The molecule has 6 nitrogen and oxygen atoms in total. The van der Waals surface area contributed by atoms with Gasteiger partial charge in [0.1, 0.15) is 13.2 Å². The molecule has 22 heavy (non-hydrogen) atoms. The third kappa shape index (κ3) is 7.19. The fraction of sp³-hybridized carbons (Fsp3) is 0.500. The molecule has 1 aromatic carbocycles. The van der Waals surface area contributed by atoms with Gasteiger partial charge in [-0.2, -0.15) is 0 Å². The number of ether oxygens (including phenoxy) is 2. The second kappa shape index (κ2) is 9.92. The lowest BCUT2D eigenvalue weighted by Crippen LogP contribution is -2.31. The lowest BCUT2D eigenvalue weighted by molar-refractivity contribution is -0.128. The van der Waals surface area contributed by atoms with Gasteiger partial charge >= 0.3 is 0 Å². The second-order valence-corrected chi connectivity index (χ2v) is 5.16. The predicted molar refractivity (Wildman–Crippen MR) is 84.9 cm³/mol. The minimum Gasteiger partial charge on any atom is -0.383 e. The zero-order valence-corrected chi connectivity index (χ0v) is 13.3. The van der Waals surface area contributed by atoms with E-state index < -0.39 is 0 Å². The van der Waals surface area contributed by atoms with E-state index >= 15 is 0 Å². The fourth-order valence-corrected chi connectivity index (χ4v) is 1.73. The van der Waals surface area contributed by atoms with Crippen molar-refractivity contribution in [3.63, 3.8) is 0 Å². The van der Waals surface area contributed by atoms with Crippen LogP contribution in [0.15, 0.2) is 24.3 Å². The van der Waals surface area contributed by atoms with Crippen molar-refractivity contribution in [2.45, 2.75) is 19.8 Å². The molecule has 0 spiro atoms. The first-order chi connectivity index (χ1) is 10.5. The zero-order chi connectivity index (χ0) is 16.4. The van der Waals surface area contributed by atoms with Crippen LogP contribution in [0.1, 0.15) is 25.3 Å². The van der Waals surface area contributed by atoms with Crippen LogP contribution >= 0.6 is 0 Å². The quantitative estimate of drug-likeness (QED) is 0.678. The maximum atomic E-state index is 11.7. The Hall–Kier alpha value is -1.92. The standard InChI is InChI=1S/C16H24N2O4/c1-12(2)13-4-6-14(7-5-13)18-16(20)11-22-10-15(19)17-8-9-21-3/h4-7,12H,8-11H2,1-3H3,(H,17,19)(H,18,20). The van der Waals surface area contributed by atoms with E-state index in [1.54, 1.807) is 7.11 Å². The van der Waals surface area contributed by atoms with Gasteiger partial charge in [-0.05, 0) is 23.6 Å². The summed E-state index contributed by atoms with van der Waals surface area (Å²) in [5.41, 5.74) is 1.92. The van der Waals surface area contributed by atoms with Gasteiger partial charge in [-0.3, -0.25) is 9.59 Å². The molecule has 0 fully saturated rings. The van der Waals surface area contributed by atoms with Gasteiger partial charge in [0.05, 0.1) is 6.61 Å². The molecule has 0 unspecified atom stereocenters. The Morgan fingerprint density at radius 3 is 2.32 bits per heavy atom. The number of nitrogens with one attached hydrogen (secondary N) is 2. The van der Waals surface area contributed by atoms with Crippen LogP contribution in [-0.2, 0) is 19.1 Å². The van der Waals surface area contributed by atoms with Crippen molar-refractivity contribution in [1.29, 1.82) is 0 Å². The van der Waals surface area contributed by atoms with E-state index in [-0.39, 0.29) is 25.0 Å². The topological polar surface area (TPSA) is 76.7 Å². The van der Waals surface area contributed by atoms with Crippen molar-refractivity contribution in [3.05, 3.63) is 29.8 Å². The van der Waals surface area contributed by atoms with Crippen molar-refractivity contribution in [3.8, 4) is 0 Å². The molecule has 2 amide bonds. The molecular weight excluding hydrogens is 284 g/mol. The third-order valence-electron chi connectivity index (χ3n) is 2.96. The predicted octanol–water partition coefficient (Wildman–Crippen LogP) is 1.53. The van der Waals surface area contributed by atoms with Crippen LogP contribution in [0.3, 0.4) is 0 Å². The minimum absolute atomic E-state index is 0.149. The highest BCUT2D eigenvalue weighted by atomic mass is 16.5. The highest BCUT2D eigenvalue weighted by Crippen LogP contribution is 2.16. The molecule has 0 aliphatic heterocycles. The lowest BCUT2D eigenvalue weighted by atomic mass is 10.0. The third-order valence-corrected chi connectivity index (χ3v) is 2.96. The average Bonchev–Trinajstić information content (AvgIpc) is 2.48. The Morgan fingerprint density at radius 2 is 1.73 bits per heavy atom. The summed E-state index contributed by atoms with van der Waals surface area (Å²) < 4.78 is 9.86. The molecule has 0 radical (unpaired) electrons. The second-order valence-electron chi connectivity index (χ2n) is 5.16. The molecule has 1 aromatic rings. The Balaban J connectivity index is 2.24. The number of carbonyl (C=O) groups is 2. The number of amides is 2. The van der Waals surface area contributed by atoms with Gasteiger partial charge in [0.25, 0.3) is 0 Å². The molecule has 0 aliphatic carbocycles. The molecular formula is C16H24N2O4. The first-order valence-corrected chi connectivity index (χ1v) is 7.26. The van der Waals surface area contributed by atoms with Crippen molar-refractivity contribution in [2.24, 2.45) is 0 Å². The number of anilines is 1. The van der Waals surface area contributed by atoms with Gasteiger partial charge in [0, 0.05) is 19.3 Å². The fourth-order valence-electron chi connectivity index (χ4n) is 1.73. The Bertz CT molecular complexity index is 472. The number of carbonyl (C=O) groups excluding carboxylic acids is 2.